The molecule has 0 unspecified atom stereocenters. The monoisotopic (exact) mass is 262 g/mol. The van der Waals surface area contributed by atoms with Crippen molar-refractivity contribution in [1.29, 1.82) is 0 Å². The third-order valence-electron chi connectivity index (χ3n) is 1.50. The first-order valence-corrected chi connectivity index (χ1v) is 4.84. The predicted molar refractivity (Wildman–Crippen MR) is 55.2 cm³/mol. The summed E-state index contributed by atoms with van der Waals surface area (Å²) in [6.07, 6.45) is 1.08. The van der Waals surface area contributed by atoms with Crippen LogP contribution in [0.5, 0.6) is 0 Å². The van der Waals surface area contributed by atoms with Crippen molar-refractivity contribution in [2.24, 2.45) is 0 Å². The lowest BCUT2D eigenvalue weighted by atomic mass is 10.1. The molecule has 1 aromatic rings. The van der Waals surface area contributed by atoms with Gasteiger partial charge in [-0.3, -0.25) is 0 Å². The molecule has 2 heteroatoms. The first-order chi connectivity index (χ1) is 5.18. The Morgan fingerprint density at radius 2 is 1.91 bits per heavy atom. The van der Waals surface area contributed by atoms with E-state index in [9.17, 15) is 0 Å². The van der Waals surface area contributed by atoms with Crippen LogP contribution >= 0.6 is 22.6 Å². The highest BCUT2D eigenvalue weighted by Crippen LogP contribution is 2.07. The predicted octanol–water partition coefficient (Wildman–Crippen LogP) is 1.46. The van der Waals surface area contributed by atoms with E-state index in [4.69, 9.17) is 0 Å². The second kappa shape index (κ2) is 4.07. The van der Waals surface area contributed by atoms with Crippen LogP contribution in [0, 0.1) is 3.57 Å². The third-order valence-corrected chi connectivity index (χ3v) is 2.22. The summed E-state index contributed by atoms with van der Waals surface area (Å²) >= 11 is 2.31. The molecule has 0 radical (unpaired) electrons. The van der Waals surface area contributed by atoms with Gasteiger partial charge < -0.3 is 5.73 Å². The maximum absolute atomic E-state index is 3.95. The zero-order valence-electron chi connectivity index (χ0n) is 6.68. The normalized spacial score (nSPS) is 13.0. The Hall–Kier alpha value is -0.0900. The van der Waals surface area contributed by atoms with E-state index in [-0.39, 0.29) is 0 Å². The van der Waals surface area contributed by atoms with Gasteiger partial charge in [-0.1, -0.05) is 12.1 Å². The van der Waals surface area contributed by atoms with Crippen molar-refractivity contribution in [3.05, 3.63) is 33.4 Å². The first kappa shape index (κ1) is 9.00. The SMILES string of the molecule is C[C@@H]([NH3+])Cc1ccc(I)cc1. The fraction of sp³-hybridized carbons (Fsp3) is 0.333. The lowest BCUT2D eigenvalue weighted by molar-refractivity contribution is -0.413. The Bertz CT molecular complexity index is 216. The highest BCUT2D eigenvalue weighted by atomic mass is 127. The summed E-state index contributed by atoms with van der Waals surface area (Å²) in [5, 5.41) is 0. The summed E-state index contributed by atoms with van der Waals surface area (Å²) in [6, 6.07) is 9.12. The molecule has 0 aliphatic carbocycles. The van der Waals surface area contributed by atoms with Gasteiger partial charge in [0.25, 0.3) is 0 Å². The summed E-state index contributed by atoms with van der Waals surface area (Å²) < 4.78 is 1.29. The van der Waals surface area contributed by atoms with Gasteiger partial charge in [-0.25, -0.2) is 0 Å². The van der Waals surface area contributed by atoms with Gasteiger partial charge in [0.2, 0.25) is 0 Å². The molecule has 0 aromatic heterocycles. The van der Waals surface area contributed by atoms with Gasteiger partial charge in [-0.15, -0.1) is 0 Å². The topological polar surface area (TPSA) is 27.6 Å². The summed E-state index contributed by atoms with van der Waals surface area (Å²) in [5.74, 6) is 0. The highest BCUT2D eigenvalue weighted by molar-refractivity contribution is 14.1. The maximum atomic E-state index is 3.95. The Kier molecular flexibility index (Phi) is 3.33. The average molecular weight is 262 g/mol. The van der Waals surface area contributed by atoms with Crippen molar-refractivity contribution in [2.75, 3.05) is 0 Å². The molecular formula is C9H13IN+. The van der Waals surface area contributed by atoms with E-state index >= 15 is 0 Å². The van der Waals surface area contributed by atoms with Crippen molar-refractivity contribution in [2.45, 2.75) is 19.4 Å². The zero-order valence-corrected chi connectivity index (χ0v) is 8.84. The summed E-state index contributed by atoms with van der Waals surface area (Å²) in [5.41, 5.74) is 5.34. The van der Waals surface area contributed by atoms with Crippen molar-refractivity contribution in [3.8, 4) is 0 Å². The second-order valence-corrected chi connectivity index (χ2v) is 4.18. The number of quaternary nitrogens is 1. The molecule has 0 aliphatic rings. The number of hydrogen-bond acceptors (Lipinski definition) is 0. The molecule has 1 aromatic carbocycles. The van der Waals surface area contributed by atoms with E-state index in [0.29, 0.717) is 6.04 Å². The van der Waals surface area contributed by atoms with Gasteiger partial charge in [-0.05, 0) is 47.2 Å². The molecule has 0 amide bonds. The van der Waals surface area contributed by atoms with E-state index in [2.05, 4.69) is 59.5 Å². The van der Waals surface area contributed by atoms with Crippen LogP contribution in [0.4, 0.5) is 0 Å². The smallest absolute Gasteiger partial charge is 0.0855 e. The quantitative estimate of drug-likeness (QED) is 0.782. The largest absolute Gasteiger partial charge is 0.355 e. The number of rotatable bonds is 2. The molecule has 3 N–H and O–H groups in total. The van der Waals surface area contributed by atoms with E-state index in [0.717, 1.165) is 6.42 Å². The van der Waals surface area contributed by atoms with Gasteiger partial charge >= 0.3 is 0 Å². The summed E-state index contributed by atoms with van der Waals surface area (Å²) in [7, 11) is 0. The van der Waals surface area contributed by atoms with E-state index in [1.165, 1.54) is 9.13 Å². The number of halogens is 1. The summed E-state index contributed by atoms with van der Waals surface area (Å²) in [4.78, 5) is 0. The fourth-order valence-corrected chi connectivity index (χ4v) is 1.38. The number of hydrogen-bond donors (Lipinski definition) is 1. The molecule has 0 spiro atoms. The molecule has 0 fully saturated rings. The Morgan fingerprint density at radius 3 is 2.36 bits per heavy atom. The minimum absolute atomic E-state index is 0.509. The van der Waals surface area contributed by atoms with Crippen LogP contribution in [0.3, 0.4) is 0 Å². The van der Waals surface area contributed by atoms with Crippen molar-refractivity contribution >= 4 is 22.6 Å². The third kappa shape index (κ3) is 3.20. The first-order valence-electron chi connectivity index (χ1n) is 3.76. The van der Waals surface area contributed by atoms with Gasteiger partial charge in [0.05, 0.1) is 6.04 Å². The maximum Gasteiger partial charge on any atom is 0.0855 e. The van der Waals surface area contributed by atoms with Gasteiger partial charge in [0.15, 0.2) is 0 Å². The van der Waals surface area contributed by atoms with Gasteiger partial charge in [0, 0.05) is 9.99 Å². The molecule has 0 heterocycles. The Balaban J connectivity index is 2.66. The summed E-state index contributed by atoms with van der Waals surface area (Å²) in [6.45, 7) is 2.14. The van der Waals surface area contributed by atoms with Gasteiger partial charge in [-0.2, -0.15) is 0 Å². The minimum Gasteiger partial charge on any atom is -0.355 e. The highest BCUT2D eigenvalue weighted by Gasteiger charge is 1.98. The molecule has 0 saturated heterocycles. The Labute approximate surface area is 81.1 Å². The van der Waals surface area contributed by atoms with Crippen LogP contribution < -0.4 is 5.73 Å². The lowest BCUT2D eigenvalue weighted by Crippen LogP contribution is -2.60. The van der Waals surface area contributed by atoms with Crippen molar-refractivity contribution in [1.82, 2.24) is 0 Å². The molecule has 0 saturated carbocycles. The fourth-order valence-electron chi connectivity index (χ4n) is 1.02. The van der Waals surface area contributed by atoms with E-state index < -0.39 is 0 Å². The van der Waals surface area contributed by atoms with Crippen LogP contribution in [0.1, 0.15) is 12.5 Å². The van der Waals surface area contributed by atoms with E-state index in [1.807, 2.05) is 0 Å². The van der Waals surface area contributed by atoms with Crippen LogP contribution in [-0.4, -0.2) is 6.04 Å². The minimum atomic E-state index is 0.509. The standard InChI is InChI=1S/C9H12IN/c1-7(11)6-8-2-4-9(10)5-3-8/h2-5,7H,6,11H2,1H3/p+1/t7-/m1/s1. The molecule has 60 valence electrons. The Morgan fingerprint density at radius 1 is 1.36 bits per heavy atom. The van der Waals surface area contributed by atoms with Gasteiger partial charge in [0.1, 0.15) is 0 Å². The molecule has 0 bridgehead atoms. The molecule has 1 rings (SSSR count). The molecule has 1 atom stereocenters. The molecule has 11 heavy (non-hydrogen) atoms. The molecule has 1 nitrogen and oxygen atoms in total. The van der Waals surface area contributed by atoms with Crippen LogP contribution in [0.15, 0.2) is 24.3 Å². The number of benzene rings is 1. The molecular weight excluding hydrogens is 249 g/mol. The van der Waals surface area contributed by atoms with Crippen LogP contribution in [0.2, 0.25) is 0 Å². The van der Waals surface area contributed by atoms with Crippen LogP contribution in [0.25, 0.3) is 0 Å². The average Bonchev–Trinajstić information content (AvgIpc) is 1.93. The van der Waals surface area contributed by atoms with E-state index in [1.54, 1.807) is 0 Å². The molecule has 0 aliphatic heterocycles. The lowest BCUT2D eigenvalue weighted by Gasteiger charge is -2.01. The van der Waals surface area contributed by atoms with Crippen molar-refractivity contribution < 1.29 is 5.73 Å². The zero-order chi connectivity index (χ0) is 8.27. The van der Waals surface area contributed by atoms with Crippen molar-refractivity contribution in [3.63, 3.8) is 0 Å². The van der Waals surface area contributed by atoms with Crippen LogP contribution in [-0.2, 0) is 6.42 Å². The second-order valence-electron chi connectivity index (χ2n) is 2.94.